The molecule has 1 aromatic carbocycles. The molecule has 1 saturated carbocycles. The highest BCUT2D eigenvalue weighted by Crippen LogP contribution is 2.39. The Labute approximate surface area is 149 Å². The summed E-state index contributed by atoms with van der Waals surface area (Å²) in [4.78, 5) is 15.3. The Balaban J connectivity index is 1.69. The molecule has 1 aliphatic carbocycles. The molecule has 0 spiro atoms. The van der Waals surface area contributed by atoms with Crippen molar-refractivity contribution in [3.05, 3.63) is 17.7 Å². The van der Waals surface area contributed by atoms with Crippen LogP contribution in [0.25, 0.3) is 0 Å². The fourth-order valence-corrected chi connectivity index (χ4v) is 4.05. The van der Waals surface area contributed by atoms with E-state index in [-0.39, 0.29) is 11.9 Å². The van der Waals surface area contributed by atoms with Gasteiger partial charge < -0.3 is 19.5 Å². The fraction of sp³-hybridized carbons (Fsp3) is 0.632. The zero-order valence-corrected chi connectivity index (χ0v) is 15.3. The van der Waals surface area contributed by atoms with Gasteiger partial charge in [-0.25, -0.2) is 0 Å². The van der Waals surface area contributed by atoms with Crippen LogP contribution in [0.3, 0.4) is 0 Å². The molecule has 0 bridgehead atoms. The first-order chi connectivity index (χ1) is 12.2. The molecule has 2 fully saturated rings. The third-order valence-electron chi connectivity index (χ3n) is 5.34. The molecular weight excluding hydrogens is 320 g/mol. The van der Waals surface area contributed by atoms with Crippen molar-refractivity contribution in [2.24, 2.45) is 0 Å². The van der Waals surface area contributed by atoms with E-state index in [0.29, 0.717) is 28.9 Å². The summed E-state index contributed by atoms with van der Waals surface area (Å²) >= 11 is 0. The molecule has 1 amide bonds. The number of amides is 1. The molecule has 1 heterocycles. The molecule has 1 aromatic rings. The van der Waals surface area contributed by atoms with Crippen LogP contribution in [0.5, 0.6) is 17.2 Å². The zero-order chi connectivity index (χ0) is 17.8. The Kier molecular flexibility index (Phi) is 5.68. The molecule has 1 aliphatic heterocycles. The Morgan fingerprint density at radius 1 is 1.04 bits per heavy atom. The Morgan fingerprint density at radius 2 is 1.76 bits per heavy atom. The van der Waals surface area contributed by atoms with Crippen LogP contribution < -0.4 is 19.5 Å². The SMILES string of the molecule is COc1ccc(C(=O)NC2CCN(C3CCCC3)C2)c(OC)c1OC. The molecule has 1 atom stereocenters. The van der Waals surface area contributed by atoms with E-state index in [4.69, 9.17) is 14.2 Å². The molecule has 25 heavy (non-hydrogen) atoms. The lowest BCUT2D eigenvalue weighted by Crippen LogP contribution is -2.39. The fourth-order valence-electron chi connectivity index (χ4n) is 4.05. The minimum Gasteiger partial charge on any atom is -0.493 e. The molecule has 138 valence electrons. The Hall–Kier alpha value is -1.95. The number of carbonyl (C=O) groups excluding carboxylic acids is 1. The van der Waals surface area contributed by atoms with Crippen molar-refractivity contribution >= 4 is 5.91 Å². The van der Waals surface area contributed by atoms with Crippen LogP contribution in [0.15, 0.2) is 12.1 Å². The molecule has 1 N–H and O–H groups in total. The second-order valence-corrected chi connectivity index (χ2v) is 6.77. The molecule has 0 aromatic heterocycles. The molecule has 1 unspecified atom stereocenters. The normalized spacial score (nSPS) is 21.3. The Morgan fingerprint density at radius 3 is 2.40 bits per heavy atom. The number of ether oxygens (including phenoxy) is 3. The maximum atomic E-state index is 12.8. The van der Waals surface area contributed by atoms with E-state index in [1.807, 2.05) is 0 Å². The average molecular weight is 348 g/mol. The number of hydrogen-bond acceptors (Lipinski definition) is 5. The second-order valence-electron chi connectivity index (χ2n) is 6.77. The van der Waals surface area contributed by atoms with Crippen LogP contribution in [0.1, 0.15) is 42.5 Å². The number of carbonyl (C=O) groups is 1. The van der Waals surface area contributed by atoms with Gasteiger partial charge in [-0.1, -0.05) is 12.8 Å². The van der Waals surface area contributed by atoms with Crippen molar-refractivity contribution in [3.8, 4) is 17.2 Å². The Bertz CT molecular complexity index is 614. The molecule has 0 radical (unpaired) electrons. The van der Waals surface area contributed by atoms with E-state index in [2.05, 4.69) is 10.2 Å². The lowest BCUT2D eigenvalue weighted by molar-refractivity contribution is 0.0932. The molecule has 6 nitrogen and oxygen atoms in total. The highest BCUT2D eigenvalue weighted by Gasteiger charge is 2.31. The minimum atomic E-state index is -0.129. The van der Waals surface area contributed by atoms with Gasteiger partial charge in [-0.15, -0.1) is 0 Å². The molecule has 3 rings (SSSR count). The molecule has 6 heteroatoms. The summed E-state index contributed by atoms with van der Waals surface area (Å²) in [6.45, 7) is 2.00. The van der Waals surface area contributed by atoms with E-state index in [9.17, 15) is 4.79 Å². The van der Waals surface area contributed by atoms with Crippen molar-refractivity contribution < 1.29 is 19.0 Å². The first-order valence-corrected chi connectivity index (χ1v) is 9.01. The van der Waals surface area contributed by atoms with Crippen molar-refractivity contribution in [2.45, 2.75) is 44.2 Å². The summed E-state index contributed by atoms with van der Waals surface area (Å²) in [5.74, 6) is 1.27. The van der Waals surface area contributed by atoms with Crippen molar-refractivity contribution in [1.82, 2.24) is 10.2 Å². The van der Waals surface area contributed by atoms with Gasteiger partial charge in [-0.3, -0.25) is 9.69 Å². The molecular formula is C19H28N2O4. The first-order valence-electron chi connectivity index (χ1n) is 9.01. The molecule has 2 aliphatic rings. The largest absolute Gasteiger partial charge is 0.493 e. The van der Waals surface area contributed by atoms with E-state index >= 15 is 0 Å². The van der Waals surface area contributed by atoms with Crippen LogP contribution in [0, 0.1) is 0 Å². The highest BCUT2D eigenvalue weighted by atomic mass is 16.5. The first kappa shape index (κ1) is 17.9. The van der Waals surface area contributed by atoms with Crippen molar-refractivity contribution in [2.75, 3.05) is 34.4 Å². The van der Waals surface area contributed by atoms with E-state index in [1.54, 1.807) is 26.4 Å². The van der Waals surface area contributed by atoms with Gasteiger partial charge in [0.2, 0.25) is 5.75 Å². The standard InChI is InChI=1S/C19H28N2O4/c1-23-16-9-8-15(17(24-2)18(16)25-3)19(22)20-13-10-11-21(12-13)14-6-4-5-7-14/h8-9,13-14H,4-7,10-12H2,1-3H3,(H,20,22). The van der Waals surface area contributed by atoms with Gasteiger partial charge in [0, 0.05) is 25.2 Å². The number of rotatable bonds is 6. The minimum absolute atomic E-state index is 0.129. The van der Waals surface area contributed by atoms with Crippen LogP contribution in [0.2, 0.25) is 0 Å². The van der Waals surface area contributed by atoms with E-state index in [1.165, 1.54) is 32.8 Å². The summed E-state index contributed by atoms with van der Waals surface area (Å²) in [6, 6.07) is 4.35. The van der Waals surface area contributed by atoms with Crippen molar-refractivity contribution in [3.63, 3.8) is 0 Å². The van der Waals surface area contributed by atoms with Gasteiger partial charge >= 0.3 is 0 Å². The van der Waals surface area contributed by atoms with Crippen LogP contribution >= 0.6 is 0 Å². The summed E-state index contributed by atoms with van der Waals surface area (Å²) in [7, 11) is 4.64. The third kappa shape index (κ3) is 3.68. The number of methoxy groups -OCH3 is 3. The quantitative estimate of drug-likeness (QED) is 0.856. The van der Waals surface area contributed by atoms with Gasteiger partial charge in [-0.2, -0.15) is 0 Å². The predicted molar refractivity (Wildman–Crippen MR) is 95.8 cm³/mol. The van der Waals surface area contributed by atoms with E-state index in [0.717, 1.165) is 19.5 Å². The number of likely N-dealkylation sites (tertiary alicyclic amines) is 1. The maximum absolute atomic E-state index is 12.8. The summed E-state index contributed by atoms with van der Waals surface area (Å²) < 4.78 is 16.1. The third-order valence-corrected chi connectivity index (χ3v) is 5.34. The topological polar surface area (TPSA) is 60.0 Å². The monoisotopic (exact) mass is 348 g/mol. The van der Waals surface area contributed by atoms with Gasteiger partial charge in [0.05, 0.1) is 26.9 Å². The lowest BCUT2D eigenvalue weighted by Gasteiger charge is -2.23. The van der Waals surface area contributed by atoms with Gasteiger partial charge in [-0.05, 0) is 31.4 Å². The van der Waals surface area contributed by atoms with Crippen LogP contribution in [-0.4, -0.2) is 57.3 Å². The van der Waals surface area contributed by atoms with E-state index < -0.39 is 0 Å². The zero-order valence-electron chi connectivity index (χ0n) is 15.3. The number of benzene rings is 1. The lowest BCUT2D eigenvalue weighted by atomic mass is 10.1. The maximum Gasteiger partial charge on any atom is 0.255 e. The number of hydrogen-bond donors (Lipinski definition) is 1. The van der Waals surface area contributed by atoms with Gasteiger partial charge in [0.1, 0.15) is 0 Å². The second kappa shape index (κ2) is 7.95. The van der Waals surface area contributed by atoms with Crippen LogP contribution in [0.4, 0.5) is 0 Å². The highest BCUT2D eigenvalue weighted by molar-refractivity contribution is 5.98. The smallest absolute Gasteiger partial charge is 0.255 e. The van der Waals surface area contributed by atoms with Gasteiger partial charge in [0.25, 0.3) is 5.91 Å². The summed E-state index contributed by atoms with van der Waals surface area (Å²) in [6.07, 6.45) is 6.26. The predicted octanol–water partition coefficient (Wildman–Crippen LogP) is 2.46. The average Bonchev–Trinajstić information content (AvgIpc) is 3.31. The number of nitrogens with zero attached hydrogens (tertiary/aromatic N) is 1. The molecule has 1 saturated heterocycles. The van der Waals surface area contributed by atoms with Crippen molar-refractivity contribution in [1.29, 1.82) is 0 Å². The summed E-state index contributed by atoms with van der Waals surface area (Å²) in [5.41, 5.74) is 0.472. The van der Waals surface area contributed by atoms with Crippen LogP contribution in [-0.2, 0) is 0 Å². The summed E-state index contributed by atoms with van der Waals surface area (Å²) in [5, 5.41) is 3.16. The van der Waals surface area contributed by atoms with Gasteiger partial charge in [0.15, 0.2) is 11.5 Å². The number of nitrogens with one attached hydrogen (secondary N) is 1.